The quantitative estimate of drug-likeness (QED) is 0.142. The van der Waals surface area contributed by atoms with Crippen molar-refractivity contribution in [1.29, 1.82) is 0 Å². The molecule has 0 amide bonds. The maximum absolute atomic E-state index is 4.93. The van der Waals surface area contributed by atoms with E-state index in [1.807, 2.05) is 0 Å². The van der Waals surface area contributed by atoms with Crippen LogP contribution in [0.25, 0.3) is 44.8 Å². The third kappa shape index (κ3) is 6.79. The Morgan fingerprint density at radius 1 is 0.434 bits per heavy atom. The van der Waals surface area contributed by atoms with Gasteiger partial charge in [-0.2, -0.15) is 0 Å². The summed E-state index contributed by atoms with van der Waals surface area (Å²) >= 11 is 0. The molecule has 254 valence electrons. The van der Waals surface area contributed by atoms with Gasteiger partial charge in [-0.25, -0.2) is 0 Å². The lowest BCUT2D eigenvalue weighted by Crippen LogP contribution is -2.17. The van der Waals surface area contributed by atoms with Gasteiger partial charge in [-0.3, -0.25) is 0 Å². The highest BCUT2D eigenvalue weighted by molar-refractivity contribution is 6.04. The largest absolute Gasteiger partial charge is 0.314 e. The monoisotopic (exact) mass is 680 g/mol. The Hall–Kier alpha value is -6.90. The van der Waals surface area contributed by atoms with Gasteiger partial charge in [0.15, 0.2) is 0 Å². The summed E-state index contributed by atoms with van der Waals surface area (Å²) in [5.41, 5.74) is 13.1. The average Bonchev–Trinajstić information content (AvgIpc) is 3.23. The SMILES string of the molecule is C=C(c1c(/C=C(\C)N(c2ccccc2)c2ccccc2-c2ccccc2)ccc2ccccc12)N(c1ccccc1)c1ccccc1-c1ccccc1. The minimum absolute atomic E-state index is 0.895. The predicted molar refractivity (Wildman–Crippen MR) is 228 cm³/mol. The first-order valence-corrected chi connectivity index (χ1v) is 18.1. The fourth-order valence-corrected chi connectivity index (χ4v) is 7.32. The maximum atomic E-state index is 4.93. The van der Waals surface area contributed by atoms with E-state index in [0.29, 0.717) is 0 Å². The topological polar surface area (TPSA) is 6.48 Å². The zero-order chi connectivity index (χ0) is 36.0. The fraction of sp³-hybridized carbons (Fsp3) is 0.0196. The van der Waals surface area contributed by atoms with E-state index in [1.54, 1.807) is 0 Å². The Balaban J connectivity index is 1.34. The number of anilines is 4. The van der Waals surface area contributed by atoms with Crippen molar-refractivity contribution >= 4 is 45.3 Å². The van der Waals surface area contributed by atoms with Gasteiger partial charge < -0.3 is 9.80 Å². The van der Waals surface area contributed by atoms with E-state index in [-0.39, 0.29) is 0 Å². The summed E-state index contributed by atoms with van der Waals surface area (Å²) in [6, 6.07) is 72.8. The van der Waals surface area contributed by atoms with Crippen LogP contribution in [0.1, 0.15) is 18.1 Å². The van der Waals surface area contributed by atoms with Crippen LogP contribution in [-0.2, 0) is 0 Å². The van der Waals surface area contributed by atoms with Gasteiger partial charge in [-0.05, 0) is 76.9 Å². The third-order valence-electron chi connectivity index (χ3n) is 9.73. The van der Waals surface area contributed by atoms with Crippen molar-refractivity contribution in [3.8, 4) is 22.3 Å². The molecule has 0 saturated carbocycles. The summed E-state index contributed by atoms with van der Waals surface area (Å²) in [5.74, 6) is 0. The summed E-state index contributed by atoms with van der Waals surface area (Å²) in [6.07, 6.45) is 2.31. The summed E-state index contributed by atoms with van der Waals surface area (Å²) in [5, 5.41) is 2.31. The van der Waals surface area contributed by atoms with Gasteiger partial charge in [-0.1, -0.05) is 176 Å². The molecule has 0 bridgehead atoms. The van der Waals surface area contributed by atoms with Crippen molar-refractivity contribution in [2.24, 2.45) is 0 Å². The van der Waals surface area contributed by atoms with E-state index in [0.717, 1.165) is 67.2 Å². The van der Waals surface area contributed by atoms with Crippen LogP contribution in [0.5, 0.6) is 0 Å². The molecule has 0 aliphatic rings. The minimum Gasteiger partial charge on any atom is -0.314 e. The van der Waals surface area contributed by atoms with Crippen molar-refractivity contribution in [3.05, 3.63) is 230 Å². The molecular weight excluding hydrogens is 641 g/mol. The molecule has 0 N–H and O–H groups in total. The molecule has 0 fully saturated rings. The van der Waals surface area contributed by atoms with Crippen molar-refractivity contribution in [1.82, 2.24) is 0 Å². The van der Waals surface area contributed by atoms with Crippen LogP contribution in [0, 0.1) is 0 Å². The van der Waals surface area contributed by atoms with E-state index in [4.69, 9.17) is 6.58 Å². The molecule has 0 saturated heterocycles. The van der Waals surface area contributed by atoms with Crippen molar-refractivity contribution in [2.75, 3.05) is 9.80 Å². The highest BCUT2D eigenvalue weighted by Gasteiger charge is 2.23. The van der Waals surface area contributed by atoms with Crippen LogP contribution in [-0.4, -0.2) is 0 Å². The first-order valence-electron chi connectivity index (χ1n) is 18.1. The minimum atomic E-state index is 0.895. The average molecular weight is 681 g/mol. The van der Waals surface area contributed by atoms with Gasteiger partial charge in [0.25, 0.3) is 0 Å². The predicted octanol–water partition coefficient (Wildman–Crippen LogP) is 14.2. The Labute approximate surface area is 312 Å². The molecule has 53 heavy (non-hydrogen) atoms. The smallest absolute Gasteiger partial charge is 0.0540 e. The maximum Gasteiger partial charge on any atom is 0.0540 e. The number of benzene rings is 8. The molecule has 0 spiro atoms. The van der Waals surface area contributed by atoms with Gasteiger partial charge in [0.05, 0.1) is 11.4 Å². The summed E-state index contributed by atoms with van der Waals surface area (Å²) in [7, 11) is 0. The number of allylic oxidation sites excluding steroid dienone is 1. The van der Waals surface area contributed by atoms with Crippen molar-refractivity contribution < 1.29 is 0 Å². The van der Waals surface area contributed by atoms with E-state index in [9.17, 15) is 0 Å². The van der Waals surface area contributed by atoms with Gasteiger partial charge in [-0.15, -0.1) is 0 Å². The van der Waals surface area contributed by atoms with Crippen LogP contribution >= 0.6 is 0 Å². The Morgan fingerprint density at radius 2 is 0.868 bits per heavy atom. The van der Waals surface area contributed by atoms with E-state index < -0.39 is 0 Å². The Bertz CT molecular complexity index is 2520. The zero-order valence-corrected chi connectivity index (χ0v) is 29.8. The number of fused-ring (bicyclic) bond motifs is 1. The molecule has 2 nitrogen and oxygen atoms in total. The lowest BCUT2D eigenvalue weighted by Gasteiger charge is -2.31. The molecule has 0 unspecified atom stereocenters. The lowest BCUT2D eigenvalue weighted by molar-refractivity contribution is 1.17. The van der Waals surface area contributed by atoms with E-state index >= 15 is 0 Å². The first kappa shape index (κ1) is 33.3. The molecular formula is C51H40N2. The first-order chi connectivity index (χ1) is 26.2. The van der Waals surface area contributed by atoms with Crippen LogP contribution in [0.2, 0.25) is 0 Å². The molecule has 8 aromatic rings. The second kappa shape index (κ2) is 15.1. The van der Waals surface area contributed by atoms with Gasteiger partial charge >= 0.3 is 0 Å². The number of para-hydroxylation sites is 4. The molecule has 2 heteroatoms. The highest BCUT2D eigenvalue weighted by atomic mass is 15.2. The molecule has 0 aliphatic carbocycles. The van der Waals surface area contributed by atoms with E-state index in [2.05, 4.69) is 229 Å². The summed E-state index contributed by atoms with van der Waals surface area (Å²) in [6.45, 7) is 7.13. The van der Waals surface area contributed by atoms with Gasteiger partial charge in [0.1, 0.15) is 0 Å². The highest BCUT2D eigenvalue weighted by Crippen LogP contribution is 2.44. The molecule has 0 aliphatic heterocycles. The lowest BCUT2D eigenvalue weighted by atomic mass is 9.94. The molecule has 0 radical (unpaired) electrons. The molecule has 0 aromatic heterocycles. The Kier molecular flexibility index (Phi) is 9.50. The number of hydrogen-bond donors (Lipinski definition) is 0. The summed E-state index contributed by atoms with van der Waals surface area (Å²) in [4.78, 5) is 4.68. The third-order valence-corrected chi connectivity index (χ3v) is 9.73. The van der Waals surface area contributed by atoms with Crippen LogP contribution in [0.4, 0.5) is 22.7 Å². The zero-order valence-electron chi connectivity index (χ0n) is 29.8. The van der Waals surface area contributed by atoms with Gasteiger partial charge in [0.2, 0.25) is 0 Å². The normalized spacial score (nSPS) is 11.3. The van der Waals surface area contributed by atoms with Crippen LogP contribution < -0.4 is 9.80 Å². The van der Waals surface area contributed by atoms with Crippen molar-refractivity contribution in [2.45, 2.75) is 6.92 Å². The standard InChI is InChI=1S/C51H40N2/c1-38(52(44-26-11-5-12-27-44)49-33-19-17-30-46(49)40-21-7-3-8-22-40)37-43-36-35-42-25-15-16-32-48(42)51(43)39(2)53(45-28-13-6-14-29-45)50-34-20-18-31-47(50)41-23-9-4-10-24-41/h3-37H,2H2,1H3/b38-37+. The van der Waals surface area contributed by atoms with E-state index in [1.165, 1.54) is 11.1 Å². The second-order valence-corrected chi connectivity index (χ2v) is 13.1. The number of hydrogen-bond acceptors (Lipinski definition) is 2. The number of rotatable bonds is 10. The molecule has 0 heterocycles. The summed E-state index contributed by atoms with van der Waals surface area (Å²) < 4.78 is 0. The number of nitrogens with zero attached hydrogens (tertiary/aromatic N) is 2. The Morgan fingerprint density at radius 3 is 1.43 bits per heavy atom. The molecule has 0 atom stereocenters. The van der Waals surface area contributed by atoms with Crippen LogP contribution in [0.3, 0.4) is 0 Å². The van der Waals surface area contributed by atoms with Crippen molar-refractivity contribution in [3.63, 3.8) is 0 Å². The molecule has 8 rings (SSSR count). The van der Waals surface area contributed by atoms with Crippen LogP contribution in [0.15, 0.2) is 219 Å². The fourth-order valence-electron chi connectivity index (χ4n) is 7.32. The molecule has 8 aromatic carbocycles. The van der Waals surface area contributed by atoms with Gasteiger partial charge in [0, 0.05) is 39.5 Å². The second-order valence-electron chi connectivity index (χ2n) is 13.1.